The summed E-state index contributed by atoms with van der Waals surface area (Å²) in [6.45, 7) is 1.34. The zero-order valence-electron chi connectivity index (χ0n) is 14.2. The molecule has 0 N–H and O–H groups in total. The smallest absolute Gasteiger partial charge is 0.433 e. The van der Waals surface area contributed by atoms with E-state index in [1.165, 1.54) is 0 Å². The molecule has 0 radical (unpaired) electrons. The largest absolute Gasteiger partial charge is 0.476 e. The number of likely N-dealkylation sites (tertiary alicyclic amines) is 1. The SMILES string of the molecule is O=C(c1ccc(C(F)(F)F)nc1)N1CCCC(COc2ncccc2Cl)C1. The van der Waals surface area contributed by atoms with Crippen LogP contribution in [-0.4, -0.2) is 40.5 Å². The van der Waals surface area contributed by atoms with Crippen LogP contribution in [0.15, 0.2) is 36.7 Å². The molecule has 1 saturated heterocycles. The zero-order valence-corrected chi connectivity index (χ0v) is 15.0. The molecule has 3 rings (SSSR count). The summed E-state index contributed by atoms with van der Waals surface area (Å²) < 4.78 is 43.4. The van der Waals surface area contributed by atoms with Crippen LogP contribution in [0.4, 0.5) is 13.2 Å². The first kappa shape index (κ1) is 19.4. The fourth-order valence-electron chi connectivity index (χ4n) is 2.93. The van der Waals surface area contributed by atoms with Crippen molar-refractivity contribution in [1.82, 2.24) is 14.9 Å². The van der Waals surface area contributed by atoms with Crippen molar-refractivity contribution in [2.75, 3.05) is 19.7 Å². The molecule has 0 aromatic carbocycles. The number of halogens is 4. The van der Waals surface area contributed by atoms with Crippen LogP contribution in [0.5, 0.6) is 5.88 Å². The van der Waals surface area contributed by atoms with Gasteiger partial charge in [0.05, 0.1) is 12.2 Å². The predicted molar refractivity (Wildman–Crippen MR) is 92.6 cm³/mol. The fraction of sp³-hybridized carbons (Fsp3) is 0.389. The van der Waals surface area contributed by atoms with E-state index in [1.807, 2.05) is 0 Å². The summed E-state index contributed by atoms with van der Waals surface area (Å²) in [4.78, 5) is 21.6. The van der Waals surface area contributed by atoms with Crippen molar-refractivity contribution in [3.8, 4) is 5.88 Å². The van der Waals surface area contributed by atoms with E-state index >= 15 is 0 Å². The standard InChI is InChI=1S/C18H17ClF3N3O2/c19-14-4-1-7-23-16(14)27-11-12-3-2-8-25(10-12)17(26)13-5-6-15(24-9-13)18(20,21)22/h1,4-7,9,12H,2-3,8,10-11H2. The van der Waals surface area contributed by atoms with Gasteiger partial charge in [0.15, 0.2) is 0 Å². The van der Waals surface area contributed by atoms with Gasteiger partial charge < -0.3 is 9.64 Å². The van der Waals surface area contributed by atoms with Gasteiger partial charge in [-0.2, -0.15) is 13.2 Å². The molecular weight excluding hydrogens is 383 g/mol. The fourth-order valence-corrected chi connectivity index (χ4v) is 3.11. The third-order valence-electron chi connectivity index (χ3n) is 4.29. The lowest BCUT2D eigenvalue weighted by atomic mass is 9.98. The highest BCUT2D eigenvalue weighted by molar-refractivity contribution is 6.31. The Hall–Kier alpha value is -2.35. The summed E-state index contributed by atoms with van der Waals surface area (Å²) in [5.41, 5.74) is -0.881. The van der Waals surface area contributed by atoms with E-state index in [-0.39, 0.29) is 17.4 Å². The number of amides is 1. The molecule has 2 aromatic heterocycles. The minimum absolute atomic E-state index is 0.0863. The second-order valence-corrected chi connectivity index (χ2v) is 6.70. The summed E-state index contributed by atoms with van der Waals surface area (Å²) in [5.74, 6) is 0.0922. The van der Waals surface area contributed by atoms with Crippen LogP contribution in [-0.2, 0) is 6.18 Å². The van der Waals surface area contributed by atoms with Crippen molar-refractivity contribution in [3.05, 3.63) is 52.9 Å². The molecule has 3 heterocycles. The normalized spacial score (nSPS) is 17.6. The second-order valence-electron chi connectivity index (χ2n) is 6.29. The molecule has 1 amide bonds. The van der Waals surface area contributed by atoms with Crippen LogP contribution >= 0.6 is 11.6 Å². The molecule has 0 bridgehead atoms. The van der Waals surface area contributed by atoms with Gasteiger partial charge in [-0.15, -0.1) is 0 Å². The van der Waals surface area contributed by atoms with Crippen molar-refractivity contribution in [3.63, 3.8) is 0 Å². The first-order chi connectivity index (χ1) is 12.8. The lowest BCUT2D eigenvalue weighted by molar-refractivity contribution is -0.141. The molecule has 1 aliphatic rings. The number of alkyl halides is 3. The van der Waals surface area contributed by atoms with Crippen LogP contribution in [0.2, 0.25) is 5.02 Å². The third-order valence-corrected chi connectivity index (χ3v) is 4.58. The van der Waals surface area contributed by atoms with Crippen LogP contribution in [0.25, 0.3) is 0 Å². The Kier molecular flexibility index (Phi) is 5.84. The number of hydrogen-bond donors (Lipinski definition) is 0. The van der Waals surface area contributed by atoms with E-state index in [9.17, 15) is 18.0 Å². The summed E-state index contributed by atoms with van der Waals surface area (Å²) in [7, 11) is 0. The maximum atomic E-state index is 12.6. The van der Waals surface area contributed by atoms with E-state index in [1.54, 1.807) is 23.2 Å². The van der Waals surface area contributed by atoms with E-state index in [2.05, 4.69) is 9.97 Å². The van der Waals surface area contributed by atoms with E-state index in [4.69, 9.17) is 16.3 Å². The molecule has 2 aromatic rings. The average molecular weight is 400 g/mol. The molecule has 0 aliphatic carbocycles. The number of hydrogen-bond acceptors (Lipinski definition) is 4. The monoisotopic (exact) mass is 399 g/mol. The van der Waals surface area contributed by atoms with Gasteiger partial charge in [-0.25, -0.2) is 4.98 Å². The second kappa shape index (κ2) is 8.12. The van der Waals surface area contributed by atoms with E-state index < -0.39 is 11.9 Å². The molecule has 0 saturated carbocycles. The minimum Gasteiger partial charge on any atom is -0.476 e. The number of pyridine rings is 2. The molecule has 1 unspecified atom stereocenters. The maximum Gasteiger partial charge on any atom is 0.433 e. The number of ether oxygens (including phenoxy) is 1. The molecule has 0 spiro atoms. The quantitative estimate of drug-likeness (QED) is 0.777. The van der Waals surface area contributed by atoms with E-state index in [0.29, 0.717) is 30.6 Å². The molecule has 27 heavy (non-hydrogen) atoms. The Balaban J connectivity index is 1.60. The molecule has 5 nitrogen and oxygen atoms in total. The summed E-state index contributed by atoms with van der Waals surface area (Å²) in [5, 5.41) is 0.414. The molecular formula is C18H17ClF3N3O2. The molecule has 1 aliphatic heterocycles. The Bertz CT molecular complexity index is 799. The maximum absolute atomic E-state index is 12.6. The van der Waals surface area contributed by atoms with E-state index in [0.717, 1.165) is 31.2 Å². The van der Waals surface area contributed by atoms with Gasteiger partial charge in [0.1, 0.15) is 10.7 Å². The van der Waals surface area contributed by atoms with Gasteiger partial charge in [0, 0.05) is 31.4 Å². The molecule has 144 valence electrons. The van der Waals surface area contributed by atoms with Crippen LogP contribution in [0.3, 0.4) is 0 Å². The topological polar surface area (TPSA) is 55.3 Å². The molecule has 1 atom stereocenters. The number of aromatic nitrogens is 2. The van der Waals surface area contributed by atoms with Crippen molar-refractivity contribution in [1.29, 1.82) is 0 Å². The van der Waals surface area contributed by atoms with Gasteiger partial charge in [-0.3, -0.25) is 9.78 Å². The summed E-state index contributed by atoms with van der Waals surface area (Å²) in [6, 6.07) is 5.36. The van der Waals surface area contributed by atoms with Crippen molar-refractivity contribution >= 4 is 17.5 Å². The van der Waals surface area contributed by atoms with Gasteiger partial charge in [0.2, 0.25) is 5.88 Å². The lowest BCUT2D eigenvalue weighted by Crippen LogP contribution is -2.41. The highest BCUT2D eigenvalue weighted by atomic mass is 35.5. The number of nitrogens with zero attached hydrogens (tertiary/aromatic N) is 3. The average Bonchev–Trinajstić information content (AvgIpc) is 2.66. The lowest BCUT2D eigenvalue weighted by Gasteiger charge is -2.32. The molecule has 9 heteroatoms. The minimum atomic E-state index is -4.53. The number of carbonyl (C=O) groups excluding carboxylic acids is 1. The summed E-state index contributed by atoms with van der Waals surface area (Å²) in [6.07, 6.45) is -0.320. The Morgan fingerprint density at radius 1 is 1.30 bits per heavy atom. The number of piperidine rings is 1. The van der Waals surface area contributed by atoms with Gasteiger partial charge in [0.25, 0.3) is 5.91 Å². The Morgan fingerprint density at radius 3 is 2.78 bits per heavy atom. The number of rotatable bonds is 4. The van der Waals surface area contributed by atoms with Crippen molar-refractivity contribution in [2.45, 2.75) is 19.0 Å². The van der Waals surface area contributed by atoms with Crippen LogP contribution in [0.1, 0.15) is 28.9 Å². The number of carbonyl (C=O) groups is 1. The highest BCUT2D eigenvalue weighted by Gasteiger charge is 2.33. The van der Waals surface area contributed by atoms with Crippen LogP contribution in [0, 0.1) is 5.92 Å². The first-order valence-electron chi connectivity index (χ1n) is 8.40. The first-order valence-corrected chi connectivity index (χ1v) is 8.78. The zero-order chi connectivity index (χ0) is 19.4. The van der Waals surface area contributed by atoms with Gasteiger partial charge >= 0.3 is 6.18 Å². The highest BCUT2D eigenvalue weighted by Crippen LogP contribution is 2.28. The molecule has 1 fully saturated rings. The van der Waals surface area contributed by atoms with Gasteiger partial charge in [-0.1, -0.05) is 11.6 Å². The Morgan fingerprint density at radius 2 is 2.11 bits per heavy atom. The third kappa shape index (κ3) is 4.88. The predicted octanol–water partition coefficient (Wildman–Crippen LogP) is 4.08. The van der Waals surface area contributed by atoms with Crippen molar-refractivity contribution < 1.29 is 22.7 Å². The van der Waals surface area contributed by atoms with Gasteiger partial charge in [-0.05, 0) is 37.1 Å². The summed E-state index contributed by atoms with van der Waals surface area (Å²) >= 11 is 6.01. The van der Waals surface area contributed by atoms with Crippen LogP contribution < -0.4 is 4.74 Å². The van der Waals surface area contributed by atoms with Crippen molar-refractivity contribution in [2.24, 2.45) is 5.92 Å². The Labute approximate surface area is 159 Å².